The Labute approximate surface area is 134 Å². The molecule has 0 amide bonds. The minimum atomic E-state index is -0.524. The number of hydrogen-bond donors (Lipinski definition) is 1. The molecule has 4 nitrogen and oxygen atoms in total. The van der Waals surface area contributed by atoms with Crippen LogP contribution < -0.4 is 15.2 Å². The number of methoxy groups -OCH3 is 1. The van der Waals surface area contributed by atoms with E-state index in [0.29, 0.717) is 26.4 Å². The number of hydrogen-bond acceptors (Lipinski definition) is 3. The van der Waals surface area contributed by atoms with Crippen molar-refractivity contribution < 1.29 is 9.13 Å². The molecule has 2 aromatic carbocycles. The molecule has 1 aromatic heterocycles. The van der Waals surface area contributed by atoms with Crippen LogP contribution in [0.4, 0.5) is 10.1 Å². The van der Waals surface area contributed by atoms with Gasteiger partial charge in [-0.2, -0.15) is 0 Å². The van der Waals surface area contributed by atoms with Crippen molar-refractivity contribution in [3.05, 3.63) is 44.9 Å². The van der Waals surface area contributed by atoms with Crippen molar-refractivity contribution in [2.75, 3.05) is 26.1 Å². The molecule has 0 unspecified atom stereocenters. The standard InChI is InChI=1S/C16H14BrFN2O2/c1-20(2)10-6-4-5-8-12(10)16(21)19-15-9(18)7-11(22-3)14(17)13(8)15/h4-7H,1-3H3,(H,19,21). The van der Waals surface area contributed by atoms with E-state index >= 15 is 0 Å². The lowest BCUT2D eigenvalue weighted by atomic mass is 10.0. The predicted octanol–water partition coefficient (Wildman–Crippen LogP) is 3.66. The molecule has 114 valence electrons. The zero-order valence-electron chi connectivity index (χ0n) is 12.3. The number of fused-ring (bicyclic) bond motifs is 3. The fraction of sp³-hybridized carbons (Fsp3) is 0.188. The number of rotatable bonds is 2. The van der Waals surface area contributed by atoms with Crippen molar-refractivity contribution in [1.82, 2.24) is 4.98 Å². The highest BCUT2D eigenvalue weighted by Gasteiger charge is 2.18. The minimum Gasteiger partial charge on any atom is -0.495 e. The van der Waals surface area contributed by atoms with Crippen molar-refractivity contribution in [2.45, 2.75) is 0 Å². The van der Waals surface area contributed by atoms with E-state index in [0.717, 1.165) is 5.69 Å². The molecule has 0 saturated heterocycles. The van der Waals surface area contributed by atoms with Crippen molar-refractivity contribution in [1.29, 1.82) is 0 Å². The van der Waals surface area contributed by atoms with Crippen LogP contribution in [0.25, 0.3) is 21.7 Å². The van der Waals surface area contributed by atoms with Gasteiger partial charge in [0.15, 0.2) is 5.82 Å². The van der Waals surface area contributed by atoms with Gasteiger partial charge in [0.1, 0.15) is 5.75 Å². The van der Waals surface area contributed by atoms with Gasteiger partial charge in [0.05, 0.1) is 22.5 Å². The van der Waals surface area contributed by atoms with Crippen molar-refractivity contribution in [3.63, 3.8) is 0 Å². The summed E-state index contributed by atoms with van der Waals surface area (Å²) < 4.78 is 20.1. The number of aromatic nitrogens is 1. The number of anilines is 1. The highest BCUT2D eigenvalue weighted by molar-refractivity contribution is 9.10. The number of ether oxygens (including phenoxy) is 1. The summed E-state index contributed by atoms with van der Waals surface area (Å²) in [6, 6.07) is 6.77. The zero-order valence-corrected chi connectivity index (χ0v) is 13.9. The Balaban J connectivity index is 2.64. The highest BCUT2D eigenvalue weighted by Crippen LogP contribution is 2.38. The van der Waals surface area contributed by atoms with Crippen LogP contribution in [0.15, 0.2) is 33.5 Å². The minimum absolute atomic E-state index is 0.168. The molecule has 6 heteroatoms. The summed E-state index contributed by atoms with van der Waals surface area (Å²) >= 11 is 3.46. The molecule has 0 aliphatic rings. The molecule has 22 heavy (non-hydrogen) atoms. The molecule has 1 heterocycles. The van der Waals surface area contributed by atoms with Crippen LogP contribution in [0.5, 0.6) is 5.75 Å². The molecule has 0 spiro atoms. The summed E-state index contributed by atoms with van der Waals surface area (Å²) in [4.78, 5) is 16.9. The van der Waals surface area contributed by atoms with Gasteiger partial charge in [-0.3, -0.25) is 4.79 Å². The number of benzene rings is 2. The molecule has 0 aliphatic carbocycles. The molecular formula is C16H14BrFN2O2. The highest BCUT2D eigenvalue weighted by atomic mass is 79.9. The summed E-state index contributed by atoms with van der Waals surface area (Å²) in [6.07, 6.45) is 0. The Kier molecular flexibility index (Phi) is 3.56. The second-order valence-corrected chi connectivity index (χ2v) is 5.97. The first kappa shape index (κ1) is 14.8. The van der Waals surface area contributed by atoms with E-state index in [2.05, 4.69) is 20.9 Å². The fourth-order valence-corrected chi connectivity index (χ4v) is 3.35. The third-order valence-corrected chi connectivity index (χ3v) is 4.45. The second kappa shape index (κ2) is 5.28. The number of nitrogens with one attached hydrogen (secondary N) is 1. The van der Waals surface area contributed by atoms with Crippen LogP contribution in [0.2, 0.25) is 0 Å². The second-order valence-electron chi connectivity index (χ2n) is 5.17. The summed E-state index contributed by atoms with van der Waals surface area (Å²) in [5.41, 5.74) is 0.625. The quantitative estimate of drug-likeness (QED) is 0.705. The lowest BCUT2D eigenvalue weighted by Crippen LogP contribution is -2.15. The van der Waals surface area contributed by atoms with Crippen LogP contribution in [0.3, 0.4) is 0 Å². The van der Waals surface area contributed by atoms with E-state index < -0.39 is 5.82 Å². The molecule has 0 saturated carbocycles. The number of pyridine rings is 1. The van der Waals surface area contributed by atoms with Crippen molar-refractivity contribution in [3.8, 4) is 5.75 Å². The molecule has 3 aromatic rings. The van der Waals surface area contributed by atoms with Gasteiger partial charge in [-0.1, -0.05) is 12.1 Å². The first-order chi connectivity index (χ1) is 10.5. The third kappa shape index (κ3) is 2.06. The van der Waals surface area contributed by atoms with E-state index in [1.54, 1.807) is 0 Å². The number of H-pyrrole nitrogens is 1. The third-order valence-electron chi connectivity index (χ3n) is 3.66. The van der Waals surface area contributed by atoms with Crippen molar-refractivity contribution in [2.24, 2.45) is 0 Å². The molecule has 0 atom stereocenters. The topological polar surface area (TPSA) is 45.3 Å². The number of nitrogens with zero attached hydrogens (tertiary/aromatic N) is 1. The Bertz CT molecular complexity index is 950. The Morgan fingerprint density at radius 3 is 2.64 bits per heavy atom. The van der Waals surface area contributed by atoms with Gasteiger partial charge in [0.2, 0.25) is 0 Å². The molecule has 3 rings (SSSR count). The van der Waals surface area contributed by atoms with Gasteiger partial charge in [0, 0.05) is 31.2 Å². The maximum absolute atomic E-state index is 14.3. The molecule has 0 fully saturated rings. The first-order valence-electron chi connectivity index (χ1n) is 6.63. The summed E-state index contributed by atoms with van der Waals surface area (Å²) in [6.45, 7) is 0. The van der Waals surface area contributed by atoms with Crippen LogP contribution in [-0.2, 0) is 0 Å². The van der Waals surface area contributed by atoms with Gasteiger partial charge in [-0.05, 0) is 27.4 Å². The van der Waals surface area contributed by atoms with Crippen LogP contribution in [-0.4, -0.2) is 26.2 Å². The van der Waals surface area contributed by atoms with Gasteiger partial charge >= 0.3 is 0 Å². The van der Waals surface area contributed by atoms with E-state index in [-0.39, 0.29) is 11.1 Å². The fourth-order valence-electron chi connectivity index (χ4n) is 2.66. The van der Waals surface area contributed by atoms with Crippen LogP contribution in [0.1, 0.15) is 0 Å². The van der Waals surface area contributed by atoms with Crippen LogP contribution in [0, 0.1) is 5.82 Å². The summed E-state index contributed by atoms with van der Waals surface area (Å²) in [7, 11) is 5.20. The van der Waals surface area contributed by atoms with Crippen molar-refractivity contribution >= 4 is 43.3 Å². The molecular weight excluding hydrogens is 351 g/mol. The summed E-state index contributed by atoms with van der Waals surface area (Å²) in [5.74, 6) is -0.141. The largest absolute Gasteiger partial charge is 0.495 e. The first-order valence-corrected chi connectivity index (χ1v) is 7.43. The van der Waals surface area contributed by atoms with Gasteiger partial charge in [-0.25, -0.2) is 4.39 Å². The average molecular weight is 365 g/mol. The van der Waals surface area contributed by atoms with E-state index in [1.165, 1.54) is 13.2 Å². The Morgan fingerprint density at radius 2 is 2.00 bits per heavy atom. The Morgan fingerprint density at radius 1 is 1.27 bits per heavy atom. The maximum atomic E-state index is 14.3. The van der Waals surface area contributed by atoms with Gasteiger partial charge in [-0.15, -0.1) is 0 Å². The molecule has 0 radical (unpaired) electrons. The lowest BCUT2D eigenvalue weighted by Gasteiger charge is -2.17. The van der Waals surface area contributed by atoms with E-state index in [9.17, 15) is 9.18 Å². The lowest BCUT2D eigenvalue weighted by molar-refractivity contribution is 0.410. The predicted molar refractivity (Wildman–Crippen MR) is 90.6 cm³/mol. The smallest absolute Gasteiger partial charge is 0.258 e. The normalized spacial score (nSPS) is 11.1. The zero-order chi connectivity index (χ0) is 16.0. The Hall–Kier alpha value is -2.08. The van der Waals surface area contributed by atoms with Gasteiger partial charge < -0.3 is 14.6 Å². The van der Waals surface area contributed by atoms with Crippen LogP contribution >= 0.6 is 15.9 Å². The maximum Gasteiger partial charge on any atom is 0.258 e. The monoisotopic (exact) mass is 364 g/mol. The average Bonchev–Trinajstić information content (AvgIpc) is 2.50. The van der Waals surface area contributed by atoms with Gasteiger partial charge in [0.25, 0.3) is 5.56 Å². The number of aromatic amines is 1. The summed E-state index contributed by atoms with van der Waals surface area (Å²) in [5, 5.41) is 1.79. The molecule has 0 aliphatic heterocycles. The molecule has 0 bridgehead atoms. The molecule has 1 N–H and O–H groups in total. The van der Waals surface area contributed by atoms with E-state index in [1.807, 2.05) is 37.2 Å². The SMILES string of the molecule is COc1cc(F)c2[nH]c(=O)c3c(N(C)C)cccc3c2c1Br. The van der Waals surface area contributed by atoms with E-state index in [4.69, 9.17) is 4.74 Å². The number of halogens is 2.